The summed E-state index contributed by atoms with van der Waals surface area (Å²) in [5.74, 6) is -0.969. The van der Waals surface area contributed by atoms with Gasteiger partial charge in [0.2, 0.25) is 5.91 Å². The summed E-state index contributed by atoms with van der Waals surface area (Å²) in [6.45, 7) is 3.47. The van der Waals surface area contributed by atoms with Crippen molar-refractivity contribution in [1.29, 1.82) is 0 Å². The van der Waals surface area contributed by atoms with Gasteiger partial charge in [-0.2, -0.15) is 0 Å². The maximum atomic E-state index is 13.8. The third-order valence-corrected chi connectivity index (χ3v) is 11.1. The largest absolute Gasteiger partial charge is 0.508 e. The molecule has 0 saturated carbocycles. The Morgan fingerprint density at radius 1 is 0.962 bits per heavy atom. The number of nitrogens with zero attached hydrogens (tertiary/aromatic N) is 5. The average molecular weight is 807 g/mol. The number of halogens is 4. The summed E-state index contributed by atoms with van der Waals surface area (Å²) in [6.07, 6.45) is 3.20. The minimum Gasteiger partial charge on any atom is -0.508 e. The molecule has 4 amide bonds. The number of benzene rings is 3. The SMILES string of the molecule is CO/N=C(\CN(C)C(=O)c1cc(Cl)cc(Cl)c1)[C@H](CCN1CCC(N2CCCN(C(Cc3ccc(O)cc3)C(N)=O)C2=O)CC1)c1ccc(Cl)c(Cl)c1. The van der Waals surface area contributed by atoms with E-state index in [9.17, 15) is 19.5 Å². The van der Waals surface area contributed by atoms with E-state index in [1.54, 1.807) is 65.4 Å². The summed E-state index contributed by atoms with van der Waals surface area (Å²) >= 11 is 25.1. The van der Waals surface area contributed by atoms with Crippen molar-refractivity contribution in [2.45, 2.75) is 50.1 Å². The Labute approximate surface area is 330 Å². The van der Waals surface area contributed by atoms with Crippen LogP contribution in [0.15, 0.2) is 65.8 Å². The van der Waals surface area contributed by atoms with Gasteiger partial charge in [-0.15, -0.1) is 0 Å². The second-order valence-electron chi connectivity index (χ2n) is 13.5. The number of aromatic hydroxyl groups is 1. The van der Waals surface area contributed by atoms with Crippen molar-refractivity contribution >= 4 is 70.0 Å². The standard InChI is InChI=1S/C38H44Cl4N6O5/c1-45(37(51)26-19-27(39)22-28(40)20-26)23-34(44-53-2)31(25-6-9-32(41)33(42)21-25)12-17-46-15-10-29(11-16-46)47-13-3-14-48(38(47)52)35(36(43)50)18-24-4-7-30(49)8-5-24/h4-9,19-22,29,31,35,49H,3,10-18,23H2,1-2H3,(H2,43,50)/b44-34+/t31-,35?/m1/s1. The second-order valence-corrected chi connectivity index (χ2v) is 15.2. The van der Waals surface area contributed by atoms with E-state index in [1.165, 1.54) is 7.11 Å². The molecule has 3 aromatic carbocycles. The molecule has 11 nitrogen and oxygen atoms in total. The number of carbonyl (C=O) groups is 3. The lowest BCUT2D eigenvalue weighted by Crippen LogP contribution is -2.60. The number of primary amides is 1. The van der Waals surface area contributed by atoms with Crippen LogP contribution in [0.1, 0.15) is 53.1 Å². The summed E-state index contributed by atoms with van der Waals surface area (Å²) < 4.78 is 0. The van der Waals surface area contributed by atoms with Crippen molar-refractivity contribution in [3.63, 3.8) is 0 Å². The Kier molecular flexibility index (Phi) is 14.1. The molecule has 2 heterocycles. The van der Waals surface area contributed by atoms with E-state index in [-0.39, 0.29) is 42.6 Å². The molecular weight excluding hydrogens is 762 g/mol. The zero-order valence-corrected chi connectivity index (χ0v) is 32.7. The van der Waals surface area contributed by atoms with Gasteiger partial charge in [0.1, 0.15) is 18.9 Å². The highest BCUT2D eigenvalue weighted by Crippen LogP contribution is 2.31. The zero-order chi connectivity index (χ0) is 38.2. The summed E-state index contributed by atoms with van der Waals surface area (Å²) in [6, 6.07) is 15.8. The minimum absolute atomic E-state index is 0.0277. The van der Waals surface area contributed by atoms with Gasteiger partial charge in [0, 0.05) is 67.2 Å². The van der Waals surface area contributed by atoms with Crippen LogP contribution < -0.4 is 5.73 Å². The first-order valence-electron chi connectivity index (χ1n) is 17.5. The summed E-state index contributed by atoms with van der Waals surface area (Å²) in [7, 11) is 3.15. The van der Waals surface area contributed by atoms with Gasteiger partial charge in [-0.05, 0) is 85.8 Å². The maximum absolute atomic E-state index is 13.8. The molecule has 2 saturated heterocycles. The number of urea groups is 1. The van der Waals surface area contributed by atoms with Crippen molar-refractivity contribution in [1.82, 2.24) is 19.6 Å². The van der Waals surface area contributed by atoms with Crippen molar-refractivity contribution in [2.75, 3.05) is 53.4 Å². The number of hydrogen-bond acceptors (Lipinski definition) is 7. The fourth-order valence-corrected chi connectivity index (χ4v) is 8.00. The van der Waals surface area contributed by atoms with Crippen LogP contribution in [0.5, 0.6) is 5.75 Å². The van der Waals surface area contributed by atoms with E-state index in [2.05, 4.69) is 10.1 Å². The smallest absolute Gasteiger partial charge is 0.320 e. The molecule has 53 heavy (non-hydrogen) atoms. The maximum Gasteiger partial charge on any atom is 0.320 e. The van der Waals surface area contributed by atoms with Crippen LogP contribution >= 0.6 is 46.4 Å². The lowest BCUT2D eigenvalue weighted by molar-refractivity contribution is -0.122. The minimum atomic E-state index is -0.783. The summed E-state index contributed by atoms with van der Waals surface area (Å²) in [4.78, 5) is 52.5. The van der Waals surface area contributed by atoms with Gasteiger partial charge >= 0.3 is 6.03 Å². The Morgan fingerprint density at radius 2 is 1.64 bits per heavy atom. The first-order chi connectivity index (χ1) is 25.3. The normalized spacial score (nSPS) is 17.1. The lowest BCUT2D eigenvalue weighted by Gasteiger charge is -2.45. The number of piperidine rings is 1. The van der Waals surface area contributed by atoms with Crippen molar-refractivity contribution in [2.24, 2.45) is 10.9 Å². The lowest BCUT2D eigenvalue weighted by atomic mass is 9.89. The molecule has 15 heteroatoms. The summed E-state index contributed by atoms with van der Waals surface area (Å²) in [5, 5.41) is 15.6. The Morgan fingerprint density at radius 3 is 2.26 bits per heavy atom. The molecule has 2 fully saturated rings. The first kappa shape index (κ1) is 40.4. The third kappa shape index (κ3) is 10.5. The number of phenols is 1. The molecule has 0 radical (unpaired) electrons. The Hall–Kier alpha value is -3.74. The fraction of sp³-hybridized carbons (Fsp3) is 0.421. The molecule has 0 bridgehead atoms. The van der Waals surface area contributed by atoms with Crippen molar-refractivity contribution in [3.8, 4) is 5.75 Å². The summed E-state index contributed by atoms with van der Waals surface area (Å²) in [5.41, 5.74) is 8.49. The van der Waals surface area contributed by atoms with Gasteiger partial charge in [-0.25, -0.2) is 4.79 Å². The first-order valence-corrected chi connectivity index (χ1v) is 19.0. The Bertz CT molecular complexity index is 1780. The quantitative estimate of drug-likeness (QED) is 0.134. The number of phenolic OH excluding ortho intramolecular Hbond substituents is 1. The van der Waals surface area contributed by atoms with Crippen molar-refractivity contribution in [3.05, 3.63) is 97.4 Å². The van der Waals surface area contributed by atoms with E-state index in [1.807, 2.05) is 17.0 Å². The molecule has 0 aliphatic carbocycles. The second kappa shape index (κ2) is 18.5. The van der Waals surface area contributed by atoms with E-state index in [0.717, 1.165) is 43.5 Å². The van der Waals surface area contributed by atoms with Gasteiger partial charge < -0.3 is 35.3 Å². The van der Waals surface area contributed by atoms with Crippen LogP contribution in [-0.4, -0.2) is 114 Å². The van der Waals surface area contributed by atoms with Crippen LogP contribution in [0.4, 0.5) is 4.79 Å². The van der Waals surface area contributed by atoms with Crippen molar-refractivity contribution < 1.29 is 24.3 Å². The molecular formula is C38H44Cl4N6O5. The molecule has 0 aromatic heterocycles. The van der Waals surface area contributed by atoms with Crippen LogP contribution in [0, 0.1) is 0 Å². The average Bonchev–Trinajstić information content (AvgIpc) is 3.12. The third-order valence-electron chi connectivity index (χ3n) is 9.90. The molecule has 284 valence electrons. The van der Waals surface area contributed by atoms with Crippen LogP contribution in [0.25, 0.3) is 0 Å². The molecule has 1 unspecified atom stereocenters. The van der Waals surface area contributed by atoms with Crippen LogP contribution in [-0.2, 0) is 16.1 Å². The van der Waals surface area contributed by atoms with Gasteiger partial charge in [0.15, 0.2) is 0 Å². The monoisotopic (exact) mass is 804 g/mol. The van der Waals surface area contributed by atoms with Gasteiger partial charge in [-0.1, -0.05) is 69.8 Å². The topological polar surface area (TPSA) is 132 Å². The number of nitrogens with two attached hydrogens (primary N) is 1. The molecule has 2 aliphatic heterocycles. The highest BCUT2D eigenvalue weighted by molar-refractivity contribution is 6.42. The van der Waals surface area contributed by atoms with Crippen LogP contribution in [0.2, 0.25) is 20.1 Å². The van der Waals surface area contributed by atoms with E-state index in [4.69, 9.17) is 57.0 Å². The predicted octanol–water partition coefficient (Wildman–Crippen LogP) is 6.94. The molecule has 2 atom stereocenters. The highest BCUT2D eigenvalue weighted by atomic mass is 35.5. The fourth-order valence-electron chi connectivity index (χ4n) is 7.17. The van der Waals surface area contributed by atoms with Gasteiger partial charge in [0.05, 0.1) is 22.3 Å². The van der Waals surface area contributed by atoms with Gasteiger partial charge in [-0.3, -0.25) is 9.59 Å². The molecule has 5 rings (SSSR count). The van der Waals surface area contributed by atoms with Crippen LogP contribution in [0.3, 0.4) is 0 Å². The number of amides is 4. The number of oxime groups is 1. The molecule has 3 aromatic rings. The van der Waals surface area contributed by atoms with E-state index < -0.39 is 11.9 Å². The predicted molar refractivity (Wildman–Crippen MR) is 209 cm³/mol. The molecule has 2 aliphatic rings. The van der Waals surface area contributed by atoms with E-state index in [0.29, 0.717) is 57.4 Å². The van der Waals surface area contributed by atoms with E-state index >= 15 is 0 Å². The molecule has 3 N–H and O–H groups in total. The van der Waals surface area contributed by atoms with Gasteiger partial charge in [0.25, 0.3) is 5.91 Å². The number of carbonyl (C=O) groups excluding carboxylic acids is 3. The number of hydrogen-bond donors (Lipinski definition) is 2. The highest BCUT2D eigenvalue weighted by Gasteiger charge is 2.38. The number of likely N-dealkylation sites (tertiary alicyclic amines) is 1. The number of rotatable bonds is 14. The molecule has 0 spiro atoms. The zero-order valence-electron chi connectivity index (χ0n) is 29.7. The Balaban J connectivity index is 1.25.